The first kappa shape index (κ1) is 22.0. The van der Waals surface area contributed by atoms with E-state index in [4.69, 9.17) is 18.9 Å². The number of carbonyl (C=O) groups excluding carboxylic acids is 2. The predicted molar refractivity (Wildman–Crippen MR) is 119 cm³/mol. The van der Waals surface area contributed by atoms with E-state index in [-0.39, 0.29) is 24.5 Å². The van der Waals surface area contributed by atoms with Crippen molar-refractivity contribution in [1.82, 2.24) is 4.90 Å². The fraction of sp³-hybridized carbons (Fsp3) is 0.440. The summed E-state index contributed by atoms with van der Waals surface area (Å²) in [5, 5.41) is 0. The van der Waals surface area contributed by atoms with Crippen molar-refractivity contribution in [3.63, 3.8) is 0 Å². The van der Waals surface area contributed by atoms with E-state index in [9.17, 15) is 9.59 Å². The van der Waals surface area contributed by atoms with Crippen LogP contribution in [0.1, 0.15) is 53.9 Å². The smallest absolute Gasteiger partial charge is 0.319 e. The highest BCUT2D eigenvalue weighted by Crippen LogP contribution is 2.60. The summed E-state index contributed by atoms with van der Waals surface area (Å²) in [6.45, 7) is 5.94. The highest BCUT2D eigenvalue weighted by molar-refractivity contribution is 6.03. The number of nitrogens with zero attached hydrogens (tertiary/aromatic N) is 1. The van der Waals surface area contributed by atoms with Crippen LogP contribution < -0.4 is 14.2 Å². The Morgan fingerprint density at radius 2 is 1.81 bits per heavy atom. The van der Waals surface area contributed by atoms with E-state index in [2.05, 4.69) is 0 Å². The van der Waals surface area contributed by atoms with Crippen molar-refractivity contribution in [2.75, 3.05) is 27.9 Å². The first-order valence-corrected chi connectivity index (χ1v) is 10.8. The summed E-state index contributed by atoms with van der Waals surface area (Å²) in [6.07, 6.45) is 0.322. The summed E-state index contributed by atoms with van der Waals surface area (Å²) >= 11 is 0. The second kappa shape index (κ2) is 8.04. The number of hydrogen-bond acceptors (Lipinski definition) is 6. The SMILES string of the molecule is CCOC(=O)[C@]12Cc3c(cc(OC)c(OC)c3OC)[C@H]1N(C(C)C)C(=O)c1ccccc12. The van der Waals surface area contributed by atoms with E-state index in [1.807, 2.05) is 38.1 Å². The van der Waals surface area contributed by atoms with Gasteiger partial charge in [0.15, 0.2) is 11.5 Å². The molecule has 0 radical (unpaired) electrons. The van der Waals surface area contributed by atoms with Gasteiger partial charge in [-0.3, -0.25) is 9.59 Å². The summed E-state index contributed by atoms with van der Waals surface area (Å²) in [4.78, 5) is 29.2. The Bertz CT molecular complexity index is 1080. The van der Waals surface area contributed by atoms with Gasteiger partial charge in [-0.15, -0.1) is 0 Å². The number of methoxy groups -OCH3 is 3. The predicted octanol–water partition coefficient (Wildman–Crippen LogP) is 3.67. The largest absolute Gasteiger partial charge is 0.493 e. The van der Waals surface area contributed by atoms with Crippen molar-refractivity contribution < 1.29 is 28.5 Å². The fourth-order valence-electron chi connectivity index (χ4n) is 5.33. The van der Waals surface area contributed by atoms with Gasteiger partial charge >= 0.3 is 5.97 Å². The van der Waals surface area contributed by atoms with Gasteiger partial charge in [0.2, 0.25) is 5.75 Å². The molecule has 32 heavy (non-hydrogen) atoms. The minimum Gasteiger partial charge on any atom is -0.493 e. The van der Waals surface area contributed by atoms with Crippen molar-refractivity contribution in [2.24, 2.45) is 0 Å². The molecule has 7 nitrogen and oxygen atoms in total. The van der Waals surface area contributed by atoms with Gasteiger partial charge in [-0.2, -0.15) is 0 Å². The minimum atomic E-state index is -1.10. The molecule has 1 aliphatic carbocycles. The average Bonchev–Trinajstić information content (AvgIpc) is 3.13. The normalized spacial score (nSPS) is 21.0. The Hall–Kier alpha value is -3.22. The molecule has 0 spiro atoms. The molecule has 1 amide bonds. The van der Waals surface area contributed by atoms with Crippen LogP contribution in [0.3, 0.4) is 0 Å². The second-order valence-corrected chi connectivity index (χ2v) is 8.34. The monoisotopic (exact) mass is 439 g/mol. The number of carbonyl (C=O) groups is 2. The first-order valence-electron chi connectivity index (χ1n) is 10.8. The van der Waals surface area contributed by atoms with Gasteiger partial charge in [-0.25, -0.2) is 0 Å². The third-order valence-electron chi connectivity index (χ3n) is 6.53. The number of rotatable bonds is 6. The molecule has 0 bridgehead atoms. The molecule has 0 fully saturated rings. The highest BCUT2D eigenvalue weighted by atomic mass is 16.5. The third kappa shape index (κ3) is 2.80. The molecule has 0 unspecified atom stereocenters. The van der Waals surface area contributed by atoms with Crippen molar-refractivity contribution in [3.05, 3.63) is 52.6 Å². The maximum Gasteiger partial charge on any atom is 0.319 e. The van der Waals surface area contributed by atoms with E-state index in [0.717, 1.165) is 11.1 Å². The molecule has 2 aromatic rings. The summed E-state index contributed by atoms with van der Waals surface area (Å²) in [5.41, 5.74) is 1.73. The van der Waals surface area contributed by atoms with Crippen molar-refractivity contribution >= 4 is 11.9 Å². The lowest BCUT2D eigenvalue weighted by molar-refractivity contribution is -0.153. The summed E-state index contributed by atoms with van der Waals surface area (Å²) in [6, 6.07) is 8.47. The Morgan fingerprint density at radius 1 is 1.12 bits per heavy atom. The van der Waals surface area contributed by atoms with Gasteiger partial charge in [0.1, 0.15) is 5.41 Å². The van der Waals surface area contributed by atoms with Crippen LogP contribution in [0.5, 0.6) is 17.2 Å². The molecular formula is C25H29NO6. The van der Waals surface area contributed by atoms with Crippen LogP contribution in [0.15, 0.2) is 30.3 Å². The van der Waals surface area contributed by atoms with Gasteiger partial charge in [0, 0.05) is 17.2 Å². The second-order valence-electron chi connectivity index (χ2n) is 8.34. The van der Waals surface area contributed by atoms with Gasteiger partial charge in [-0.1, -0.05) is 18.2 Å². The molecule has 1 aliphatic heterocycles. The highest BCUT2D eigenvalue weighted by Gasteiger charge is 2.62. The Kier molecular flexibility index (Phi) is 5.53. The molecule has 0 saturated heterocycles. The van der Waals surface area contributed by atoms with Crippen molar-refractivity contribution in [1.29, 1.82) is 0 Å². The van der Waals surface area contributed by atoms with Crippen LogP contribution in [-0.2, 0) is 21.4 Å². The zero-order valence-corrected chi connectivity index (χ0v) is 19.4. The van der Waals surface area contributed by atoms with E-state index in [0.29, 0.717) is 34.8 Å². The molecule has 0 N–H and O–H groups in total. The molecule has 2 aliphatic rings. The van der Waals surface area contributed by atoms with Crippen molar-refractivity contribution in [3.8, 4) is 17.2 Å². The topological polar surface area (TPSA) is 74.3 Å². The quantitative estimate of drug-likeness (QED) is 0.640. The summed E-state index contributed by atoms with van der Waals surface area (Å²) < 4.78 is 22.6. The zero-order valence-electron chi connectivity index (χ0n) is 19.4. The average molecular weight is 440 g/mol. The molecular weight excluding hydrogens is 410 g/mol. The number of amides is 1. The lowest BCUT2D eigenvalue weighted by atomic mass is 9.69. The summed E-state index contributed by atoms with van der Waals surface area (Å²) in [5.74, 6) is 0.988. The molecule has 0 saturated carbocycles. The number of esters is 1. The molecule has 1 heterocycles. The maximum absolute atomic E-state index is 13.8. The number of fused-ring (bicyclic) bond motifs is 5. The molecule has 2 aromatic carbocycles. The van der Waals surface area contributed by atoms with Crippen LogP contribution >= 0.6 is 0 Å². The maximum atomic E-state index is 13.8. The lowest BCUT2D eigenvalue weighted by Gasteiger charge is -2.47. The third-order valence-corrected chi connectivity index (χ3v) is 6.53. The molecule has 4 rings (SSSR count). The van der Waals surface area contributed by atoms with Crippen LogP contribution in [0.4, 0.5) is 0 Å². The molecule has 7 heteroatoms. The van der Waals surface area contributed by atoms with Gasteiger partial charge in [-0.05, 0) is 50.5 Å². The lowest BCUT2D eigenvalue weighted by Crippen LogP contribution is -2.56. The number of hydrogen-bond donors (Lipinski definition) is 0. The molecule has 170 valence electrons. The van der Waals surface area contributed by atoms with Crippen LogP contribution in [0, 0.1) is 0 Å². The number of ether oxygens (including phenoxy) is 4. The first-order chi connectivity index (χ1) is 15.4. The van der Waals surface area contributed by atoms with Crippen LogP contribution in [0.25, 0.3) is 0 Å². The van der Waals surface area contributed by atoms with E-state index >= 15 is 0 Å². The van der Waals surface area contributed by atoms with E-state index in [1.54, 1.807) is 39.2 Å². The summed E-state index contributed by atoms with van der Waals surface area (Å²) in [7, 11) is 4.67. The van der Waals surface area contributed by atoms with E-state index < -0.39 is 11.5 Å². The van der Waals surface area contributed by atoms with Crippen molar-refractivity contribution in [2.45, 2.75) is 44.7 Å². The minimum absolute atomic E-state index is 0.109. The Balaban J connectivity index is 2.11. The fourth-order valence-corrected chi connectivity index (χ4v) is 5.33. The van der Waals surface area contributed by atoms with Crippen LogP contribution in [0.2, 0.25) is 0 Å². The zero-order chi connectivity index (χ0) is 23.2. The van der Waals surface area contributed by atoms with Gasteiger partial charge in [0.05, 0.1) is 34.0 Å². The molecule has 0 aromatic heterocycles. The van der Waals surface area contributed by atoms with E-state index in [1.165, 1.54) is 0 Å². The molecule has 2 atom stereocenters. The standard InChI is InChI=1S/C25H29NO6/c1-7-32-24(28)25-13-17-16(12-19(29-4)21(31-6)20(17)30-5)22(25)26(14(2)3)23(27)15-10-8-9-11-18(15)25/h8-12,14,22H,7,13H2,1-6H3/t22-,25+/m1/s1. The Morgan fingerprint density at radius 3 is 2.41 bits per heavy atom. The van der Waals surface area contributed by atoms with Gasteiger partial charge < -0.3 is 23.8 Å². The van der Waals surface area contributed by atoms with Gasteiger partial charge in [0.25, 0.3) is 5.91 Å². The Labute approximate surface area is 188 Å². The van der Waals surface area contributed by atoms with Crippen LogP contribution in [-0.4, -0.2) is 50.8 Å². The number of benzene rings is 2.